The van der Waals surface area contributed by atoms with Crippen LogP contribution in [0.15, 0.2) is 0 Å². The maximum Gasteiger partial charge on any atom is 0.410 e. The van der Waals surface area contributed by atoms with Crippen molar-refractivity contribution in [2.45, 2.75) is 46.1 Å². The van der Waals surface area contributed by atoms with Crippen molar-refractivity contribution in [1.29, 1.82) is 0 Å². The van der Waals surface area contributed by atoms with Crippen LogP contribution in [0.1, 0.15) is 40.5 Å². The van der Waals surface area contributed by atoms with Gasteiger partial charge in [-0.1, -0.05) is 0 Å². The van der Waals surface area contributed by atoms with Gasteiger partial charge in [-0.05, 0) is 46.5 Å². The third-order valence-corrected chi connectivity index (χ3v) is 3.79. The Morgan fingerprint density at radius 1 is 1.37 bits per heavy atom. The summed E-state index contributed by atoms with van der Waals surface area (Å²) in [5, 5.41) is 0. The van der Waals surface area contributed by atoms with E-state index in [0.29, 0.717) is 25.6 Å². The predicted molar refractivity (Wildman–Crippen MR) is 69.6 cm³/mol. The molecule has 19 heavy (non-hydrogen) atoms. The molecule has 0 bridgehead atoms. The lowest BCUT2D eigenvalue weighted by molar-refractivity contribution is -0.151. The lowest BCUT2D eigenvalue weighted by Crippen LogP contribution is -2.46. The molecule has 1 aliphatic heterocycles. The largest absolute Gasteiger partial charge is 0.466 e. The molecule has 0 spiro atoms. The van der Waals surface area contributed by atoms with Gasteiger partial charge in [-0.3, -0.25) is 4.79 Å². The van der Waals surface area contributed by atoms with Gasteiger partial charge in [-0.25, -0.2) is 4.79 Å². The van der Waals surface area contributed by atoms with E-state index in [1.165, 1.54) is 0 Å². The highest BCUT2D eigenvalue weighted by atomic mass is 16.6. The number of hydrogen-bond donors (Lipinski definition) is 0. The van der Waals surface area contributed by atoms with Crippen LogP contribution in [0.2, 0.25) is 0 Å². The zero-order valence-electron chi connectivity index (χ0n) is 12.2. The van der Waals surface area contributed by atoms with E-state index in [4.69, 9.17) is 9.47 Å². The Balaban J connectivity index is 1.99. The van der Waals surface area contributed by atoms with E-state index in [9.17, 15) is 9.59 Å². The normalized spacial score (nSPS) is 29.5. The van der Waals surface area contributed by atoms with Crippen LogP contribution >= 0.6 is 0 Å². The van der Waals surface area contributed by atoms with Gasteiger partial charge >= 0.3 is 12.1 Å². The molecule has 5 nitrogen and oxygen atoms in total. The monoisotopic (exact) mass is 269 g/mol. The molecule has 0 unspecified atom stereocenters. The highest BCUT2D eigenvalue weighted by Gasteiger charge is 2.64. The number of likely N-dealkylation sites (tertiary alicyclic amines) is 1. The van der Waals surface area contributed by atoms with Gasteiger partial charge in [0.25, 0.3) is 0 Å². The van der Waals surface area contributed by atoms with Crippen LogP contribution < -0.4 is 0 Å². The molecule has 1 heterocycles. The van der Waals surface area contributed by atoms with Crippen LogP contribution in [0.3, 0.4) is 0 Å². The zero-order valence-corrected chi connectivity index (χ0v) is 12.2. The second-order valence-corrected chi connectivity index (χ2v) is 6.47. The minimum Gasteiger partial charge on any atom is -0.466 e. The molecule has 2 rings (SSSR count). The summed E-state index contributed by atoms with van der Waals surface area (Å²) >= 11 is 0. The van der Waals surface area contributed by atoms with Crippen molar-refractivity contribution in [3.8, 4) is 0 Å². The number of ether oxygens (including phenoxy) is 2. The van der Waals surface area contributed by atoms with Crippen molar-refractivity contribution < 1.29 is 19.1 Å². The van der Waals surface area contributed by atoms with E-state index in [0.717, 1.165) is 12.8 Å². The maximum absolute atomic E-state index is 12.1. The van der Waals surface area contributed by atoms with E-state index in [1.54, 1.807) is 11.8 Å². The van der Waals surface area contributed by atoms with Crippen LogP contribution in [0.5, 0.6) is 0 Å². The minimum atomic E-state index is -0.505. The molecule has 1 saturated carbocycles. The number of piperidine rings is 1. The number of amides is 1. The van der Waals surface area contributed by atoms with E-state index in [2.05, 4.69) is 0 Å². The van der Waals surface area contributed by atoms with Crippen LogP contribution in [0.4, 0.5) is 4.79 Å². The van der Waals surface area contributed by atoms with Crippen molar-refractivity contribution in [2.24, 2.45) is 11.3 Å². The third kappa shape index (κ3) is 2.85. The number of esters is 1. The minimum absolute atomic E-state index is 0.159. The summed E-state index contributed by atoms with van der Waals surface area (Å²) in [6, 6.07) is 0. The summed E-state index contributed by atoms with van der Waals surface area (Å²) < 4.78 is 10.5. The van der Waals surface area contributed by atoms with Gasteiger partial charge in [0.1, 0.15) is 5.60 Å². The molecule has 2 fully saturated rings. The number of fused-ring (bicyclic) bond motifs is 1. The Bertz CT molecular complexity index is 387. The smallest absolute Gasteiger partial charge is 0.410 e. The van der Waals surface area contributed by atoms with Crippen molar-refractivity contribution in [2.75, 3.05) is 19.7 Å². The van der Waals surface area contributed by atoms with E-state index in [1.807, 2.05) is 20.8 Å². The van der Waals surface area contributed by atoms with Crippen LogP contribution in [-0.4, -0.2) is 42.3 Å². The fourth-order valence-electron chi connectivity index (χ4n) is 2.76. The van der Waals surface area contributed by atoms with Crippen molar-refractivity contribution in [3.63, 3.8) is 0 Å². The topological polar surface area (TPSA) is 55.8 Å². The number of carbonyl (C=O) groups excluding carboxylic acids is 2. The molecule has 0 aromatic carbocycles. The highest BCUT2D eigenvalue weighted by molar-refractivity contribution is 5.82. The average Bonchev–Trinajstić information content (AvgIpc) is 3.01. The first-order chi connectivity index (χ1) is 8.78. The predicted octanol–water partition coefficient (Wildman–Crippen LogP) is 2.20. The Morgan fingerprint density at radius 3 is 2.63 bits per heavy atom. The van der Waals surface area contributed by atoms with Gasteiger partial charge in [0.2, 0.25) is 0 Å². The van der Waals surface area contributed by atoms with Gasteiger partial charge in [-0.15, -0.1) is 0 Å². The summed E-state index contributed by atoms with van der Waals surface area (Å²) in [4.78, 5) is 25.7. The van der Waals surface area contributed by atoms with Gasteiger partial charge < -0.3 is 14.4 Å². The van der Waals surface area contributed by atoms with Crippen LogP contribution in [-0.2, 0) is 14.3 Å². The fraction of sp³-hybridized carbons (Fsp3) is 0.857. The Hall–Kier alpha value is -1.26. The molecule has 0 N–H and O–H groups in total. The molecule has 0 aromatic heterocycles. The molecule has 5 heteroatoms. The second-order valence-electron chi connectivity index (χ2n) is 6.47. The summed E-state index contributed by atoms with van der Waals surface area (Å²) in [7, 11) is 0. The first-order valence-electron chi connectivity index (χ1n) is 6.93. The highest BCUT2D eigenvalue weighted by Crippen LogP contribution is 2.58. The van der Waals surface area contributed by atoms with Gasteiger partial charge in [0.05, 0.1) is 12.0 Å². The molecule has 108 valence electrons. The Kier molecular flexibility index (Phi) is 3.49. The van der Waals surface area contributed by atoms with Crippen LogP contribution in [0.25, 0.3) is 0 Å². The Morgan fingerprint density at radius 2 is 2.05 bits per heavy atom. The molecule has 2 aliphatic rings. The maximum atomic E-state index is 12.1. The van der Waals surface area contributed by atoms with E-state index < -0.39 is 11.0 Å². The third-order valence-electron chi connectivity index (χ3n) is 3.79. The van der Waals surface area contributed by atoms with Crippen molar-refractivity contribution >= 4 is 12.1 Å². The van der Waals surface area contributed by atoms with Crippen LogP contribution in [0, 0.1) is 11.3 Å². The van der Waals surface area contributed by atoms with Gasteiger partial charge in [-0.2, -0.15) is 0 Å². The first-order valence-corrected chi connectivity index (χ1v) is 6.93. The summed E-state index contributed by atoms with van der Waals surface area (Å²) in [5.74, 6) is 0.221. The molecule has 1 aliphatic carbocycles. The molecule has 0 aromatic rings. The molecule has 1 saturated heterocycles. The molecular weight excluding hydrogens is 246 g/mol. The van der Waals surface area contributed by atoms with E-state index in [-0.39, 0.29) is 12.1 Å². The lowest BCUT2D eigenvalue weighted by atomic mass is 9.97. The summed E-state index contributed by atoms with van der Waals surface area (Å²) in [6.45, 7) is 8.83. The zero-order chi connectivity index (χ0) is 14.3. The van der Waals surface area contributed by atoms with E-state index >= 15 is 0 Å². The summed E-state index contributed by atoms with van der Waals surface area (Å²) in [5.41, 5.74) is -0.959. The number of nitrogens with zero attached hydrogens (tertiary/aromatic N) is 1. The number of rotatable bonds is 2. The van der Waals surface area contributed by atoms with Crippen molar-refractivity contribution in [1.82, 2.24) is 4.90 Å². The SMILES string of the molecule is CCOC(=O)[C@]12C[C@@H]1CCN(C(=O)OC(C)(C)C)C2. The standard InChI is InChI=1S/C14H23NO4/c1-5-18-11(16)14-8-10(14)6-7-15(9-14)12(17)19-13(2,3)4/h10H,5-9H2,1-4H3/t10-,14-/m0/s1. The Labute approximate surface area is 114 Å². The number of carbonyl (C=O) groups is 2. The van der Waals surface area contributed by atoms with Crippen molar-refractivity contribution in [3.05, 3.63) is 0 Å². The molecule has 0 radical (unpaired) electrons. The van der Waals surface area contributed by atoms with Gasteiger partial charge in [0.15, 0.2) is 0 Å². The molecule has 2 atom stereocenters. The number of hydrogen-bond acceptors (Lipinski definition) is 4. The van der Waals surface area contributed by atoms with Gasteiger partial charge in [0, 0.05) is 13.1 Å². The quantitative estimate of drug-likeness (QED) is 0.721. The second kappa shape index (κ2) is 4.69. The fourth-order valence-corrected chi connectivity index (χ4v) is 2.76. The molecular formula is C14H23NO4. The first kappa shape index (κ1) is 14.2. The summed E-state index contributed by atoms with van der Waals surface area (Å²) in [6.07, 6.45) is 1.37. The molecule has 1 amide bonds. The lowest BCUT2D eigenvalue weighted by Gasteiger charge is -2.33. The average molecular weight is 269 g/mol.